The third kappa shape index (κ3) is 3.62. The zero-order valence-electron chi connectivity index (χ0n) is 15.8. The van der Waals surface area contributed by atoms with Crippen molar-refractivity contribution in [1.29, 1.82) is 0 Å². The summed E-state index contributed by atoms with van der Waals surface area (Å²) in [5.41, 5.74) is 0.390. The number of nitrogens with one attached hydrogen (secondary N) is 1. The summed E-state index contributed by atoms with van der Waals surface area (Å²) in [5, 5.41) is 2.67. The van der Waals surface area contributed by atoms with E-state index in [0.29, 0.717) is 29.5 Å². The van der Waals surface area contributed by atoms with Gasteiger partial charge in [0.1, 0.15) is 0 Å². The smallest absolute Gasteiger partial charge is 0.337 e. The Balaban J connectivity index is 1.32. The molecule has 28 heavy (non-hydrogen) atoms. The molecule has 0 heterocycles. The highest BCUT2D eigenvalue weighted by atomic mass is 35.5. The van der Waals surface area contributed by atoms with Crippen molar-refractivity contribution in [2.45, 2.75) is 43.4 Å². The molecule has 1 aromatic rings. The van der Waals surface area contributed by atoms with Gasteiger partial charge in [-0.05, 0) is 74.6 Å². The van der Waals surface area contributed by atoms with Crippen molar-refractivity contribution >= 4 is 35.1 Å². The largest absolute Gasteiger partial charge is 0.465 e. The van der Waals surface area contributed by atoms with Gasteiger partial charge in [0.2, 0.25) is 0 Å². The number of benzene rings is 1. The van der Waals surface area contributed by atoms with Crippen molar-refractivity contribution in [2.75, 3.05) is 19.0 Å². The van der Waals surface area contributed by atoms with Crippen molar-refractivity contribution in [3.8, 4) is 0 Å². The highest BCUT2D eigenvalue weighted by molar-refractivity contribution is 6.24. The van der Waals surface area contributed by atoms with Crippen LogP contribution in [-0.2, 0) is 19.1 Å². The van der Waals surface area contributed by atoms with E-state index in [0.717, 1.165) is 32.1 Å². The maximum atomic E-state index is 12.8. The summed E-state index contributed by atoms with van der Waals surface area (Å²) < 4.78 is 10.0. The number of methoxy groups -OCH3 is 1. The predicted molar refractivity (Wildman–Crippen MR) is 103 cm³/mol. The van der Waals surface area contributed by atoms with E-state index in [1.54, 1.807) is 24.3 Å². The van der Waals surface area contributed by atoms with Gasteiger partial charge >= 0.3 is 11.9 Å². The van der Waals surface area contributed by atoms with Crippen LogP contribution in [0.15, 0.2) is 24.3 Å². The van der Waals surface area contributed by atoms with Gasteiger partial charge in [0.05, 0.1) is 18.1 Å². The lowest BCUT2D eigenvalue weighted by atomic mass is 9.49. The number of ether oxygens (including phenoxy) is 2. The van der Waals surface area contributed by atoms with Crippen LogP contribution in [0.2, 0.25) is 0 Å². The summed E-state index contributed by atoms with van der Waals surface area (Å²) >= 11 is 6.76. The molecule has 1 amide bonds. The van der Waals surface area contributed by atoms with Crippen LogP contribution in [-0.4, -0.2) is 36.4 Å². The molecular formula is C21H24ClNO5. The van der Waals surface area contributed by atoms with Gasteiger partial charge in [-0.15, -0.1) is 11.6 Å². The minimum Gasteiger partial charge on any atom is -0.465 e. The number of amides is 1. The molecule has 1 N–H and O–H groups in total. The zero-order valence-corrected chi connectivity index (χ0v) is 16.6. The minimum absolute atomic E-state index is 0.271. The summed E-state index contributed by atoms with van der Waals surface area (Å²) in [6, 6.07) is 6.32. The second-order valence-electron chi connectivity index (χ2n) is 8.59. The minimum atomic E-state index is -0.520. The van der Waals surface area contributed by atoms with Crippen LogP contribution in [0.5, 0.6) is 0 Å². The average molecular weight is 406 g/mol. The lowest BCUT2D eigenvalue weighted by molar-refractivity contribution is -0.171. The van der Waals surface area contributed by atoms with E-state index in [9.17, 15) is 14.4 Å². The summed E-state index contributed by atoms with van der Waals surface area (Å²) in [6.45, 7) is -0.329. The number of carbonyl (C=O) groups excluding carboxylic acids is 3. The molecule has 4 fully saturated rings. The molecule has 1 aromatic carbocycles. The van der Waals surface area contributed by atoms with Gasteiger partial charge in [0, 0.05) is 10.6 Å². The molecule has 0 saturated heterocycles. The fourth-order valence-electron chi connectivity index (χ4n) is 5.68. The summed E-state index contributed by atoms with van der Waals surface area (Å²) in [6.07, 6.45) is 5.45. The molecule has 6 nitrogen and oxygen atoms in total. The van der Waals surface area contributed by atoms with Crippen LogP contribution >= 0.6 is 11.6 Å². The fourth-order valence-corrected chi connectivity index (χ4v) is 6.37. The number of carbonyl (C=O) groups is 3. The Labute approximate surface area is 168 Å². The van der Waals surface area contributed by atoms with Gasteiger partial charge in [0.25, 0.3) is 5.91 Å². The van der Waals surface area contributed by atoms with Crippen LogP contribution in [0, 0.1) is 17.3 Å². The van der Waals surface area contributed by atoms with E-state index in [1.165, 1.54) is 7.11 Å². The number of halogens is 1. The monoisotopic (exact) mass is 405 g/mol. The van der Waals surface area contributed by atoms with E-state index in [2.05, 4.69) is 10.1 Å². The molecule has 4 bridgehead atoms. The Morgan fingerprint density at radius 3 is 2.32 bits per heavy atom. The third-order valence-electron chi connectivity index (χ3n) is 6.35. The summed E-state index contributed by atoms with van der Waals surface area (Å²) in [4.78, 5) is 36.2. The highest BCUT2D eigenvalue weighted by Gasteiger charge is 2.60. The molecule has 5 rings (SSSR count). The SMILES string of the molecule is COC(=O)c1ccc(NC(=O)COC(=O)C23C[C@@H]4C[C@@H](CC(Cl)(C4)C2)C3)cc1. The number of esters is 2. The molecule has 0 aromatic heterocycles. The Kier molecular flexibility index (Phi) is 4.86. The molecule has 4 aliphatic rings. The molecule has 4 aliphatic carbocycles. The molecular weight excluding hydrogens is 382 g/mol. The Morgan fingerprint density at radius 1 is 1.11 bits per heavy atom. The predicted octanol–water partition coefficient (Wildman–Crippen LogP) is 3.53. The zero-order chi connectivity index (χ0) is 19.9. The molecule has 4 atom stereocenters. The maximum absolute atomic E-state index is 12.8. The van der Waals surface area contributed by atoms with E-state index in [1.807, 2.05) is 0 Å². The molecule has 0 spiro atoms. The molecule has 7 heteroatoms. The van der Waals surface area contributed by atoms with Gasteiger partial charge in [-0.2, -0.15) is 0 Å². The molecule has 0 radical (unpaired) electrons. The number of alkyl halides is 1. The maximum Gasteiger partial charge on any atom is 0.337 e. The second kappa shape index (κ2) is 7.07. The summed E-state index contributed by atoms with van der Waals surface area (Å²) in [7, 11) is 1.31. The lowest BCUT2D eigenvalue weighted by Gasteiger charge is -2.58. The molecule has 4 saturated carbocycles. The van der Waals surface area contributed by atoms with E-state index < -0.39 is 17.3 Å². The third-order valence-corrected chi connectivity index (χ3v) is 6.79. The van der Waals surface area contributed by atoms with E-state index >= 15 is 0 Å². The Morgan fingerprint density at radius 2 is 1.75 bits per heavy atom. The van der Waals surface area contributed by atoms with Crippen LogP contribution in [0.25, 0.3) is 0 Å². The number of hydrogen-bond acceptors (Lipinski definition) is 5. The lowest BCUT2D eigenvalue weighted by Crippen LogP contribution is -2.56. The van der Waals surface area contributed by atoms with Crippen molar-refractivity contribution in [2.24, 2.45) is 17.3 Å². The van der Waals surface area contributed by atoms with Gasteiger partial charge < -0.3 is 14.8 Å². The van der Waals surface area contributed by atoms with Crippen molar-refractivity contribution in [3.05, 3.63) is 29.8 Å². The normalized spacial score (nSPS) is 32.6. The molecule has 2 unspecified atom stereocenters. The molecule has 150 valence electrons. The summed E-state index contributed by atoms with van der Waals surface area (Å²) in [5.74, 6) is -0.159. The topological polar surface area (TPSA) is 81.7 Å². The number of rotatable bonds is 5. The van der Waals surface area contributed by atoms with Gasteiger partial charge in [-0.25, -0.2) is 4.79 Å². The first kappa shape index (κ1) is 19.2. The Hall–Kier alpha value is -2.08. The fraction of sp³-hybridized carbons (Fsp3) is 0.571. The van der Waals surface area contributed by atoms with Crippen LogP contribution in [0.4, 0.5) is 5.69 Å². The van der Waals surface area contributed by atoms with Crippen LogP contribution in [0.3, 0.4) is 0 Å². The van der Waals surface area contributed by atoms with Crippen molar-refractivity contribution in [1.82, 2.24) is 0 Å². The van der Waals surface area contributed by atoms with Gasteiger partial charge in [0.15, 0.2) is 6.61 Å². The second-order valence-corrected chi connectivity index (χ2v) is 9.39. The van der Waals surface area contributed by atoms with Crippen molar-refractivity contribution < 1.29 is 23.9 Å². The first-order valence-electron chi connectivity index (χ1n) is 9.65. The van der Waals surface area contributed by atoms with Gasteiger partial charge in [-0.3, -0.25) is 9.59 Å². The van der Waals surface area contributed by atoms with Crippen molar-refractivity contribution in [3.63, 3.8) is 0 Å². The first-order chi connectivity index (χ1) is 13.3. The number of anilines is 1. The Bertz CT molecular complexity index is 792. The average Bonchev–Trinajstić information content (AvgIpc) is 2.64. The van der Waals surface area contributed by atoms with Gasteiger partial charge in [-0.1, -0.05) is 0 Å². The first-order valence-corrected chi connectivity index (χ1v) is 10.0. The van der Waals surface area contributed by atoms with Crippen LogP contribution in [0.1, 0.15) is 48.9 Å². The van der Waals surface area contributed by atoms with E-state index in [-0.39, 0.29) is 17.5 Å². The number of hydrogen-bond donors (Lipinski definition) is 1. The van der Waals surface area contributed by atoms with Crippen LogP contribution < -0.4 is 5.32 Å². The standard InChI is InChI=1S/C21H24ClNO5/c1-27-18(25)15-2-4-16(5-3-15)23-17(24)11-28-19(26)20-7-13-6-14(8-20)10-21(22,9-13)12-20/h2-5,13-14H,6-12H2,1H3,(H,23,24)/t13-,14+,20?,21?. The van der Waals surface area contributed by atoms with E-state index in [4.69, 9.17) is 16.3 Å². The molecule has 0 aliphatic heterocycles. The highest BCUT2D eigenvalue weighted by Crippen LogP contribution is 2.64. The quantitative estimate of drug-likeness (QED) is 0.598.